The van der Waals surface area contributed by atoms with E-state index in [2.05, 4.69) is 27.9 Å². The first-order valence-corrected chi connectivity index (χ1v) is 11.6. The van der Waals surface area contributed by atoms with E-state index in [0.717, 1.165) is 75.0 Å². The maximum atomic E-state index is 12.6. The number of rotatable bonds is 4. The summed E-state index contributed by atoms with van der Waals surface area (Å²) in [5.41, 5.74) is 5.54. The minimum Gasteiger partial charge on any atom is -0.642 e. The molecule has 0 atom stereocenters. The van der Waals surface area contributed by atoms with Crippen molar-refractivity contribution in [3.63, 3.8) is 0 Å². The van der Waals surface area contributed by atoms with Gasteiger partial charge in [0.15, 0.2) is 0 Å². The number of aryl methyl sites for hydroxylation is 2. The van der Waals surface area contributed by atoms with Gasteiger partial charge in [-0.25, -0.2) is 8.42 Å². The molecule has 0 unspecified atom stereocenters. The number of piperidine rings is 1. The zero-order chi connectivity index (χ0) is 19.0. The molecular weight excluding hydrogens is 402 g/mol. The summed E-state index contributed by atoms with van der Waals surface area (Å²) in [6.45, 7) is 4.46. The Hall–Kier alpha value is -0.340. The van der Waals surface area contributed by atoms with E-state index in [9.17, 15) is 13.2 Å². The number of amides is 2. The van der Waals surface area contributed by atoms with E-state index >= 15 is 0 Å². The molecule has 0 radical (unpaired) electrons. The van der Waals surface area contributed by atoms with E-state index in [1.165, 1.54) is 11.1 Å². The monoisotopic (exact) mass is 429 g/mol. The van der Waals surface area contributed by atoms with Crippen molar-refractivity contribution in [2.75, 3.05) is 19.6 Å². The predicted molar refractivity (Wildman–Crippen MR) is 112 cm³/mol. The maximum absolute atomic E-state index is 12.6. The Labute approximate surface area is 197 Å². The number of nitrogens with zero attached hydrogens (tertiary/aromatic N) is 3. The van der Waals surface area contributed by atoms with Crippen LogP contribution in [0, 0.1) is 0 Å². The second-order valence-electron chi connectivity index (χ2n) is 7.84. The van der Waals surface area contributed by atoms with E-state index in [0.29, 0.717) is 12.8 Å². The van der Waals surface area contributed by atoms with Crippen molar-refractivity contribution in [1.29, 1.82) is 0 Å². The van der Waals surface area contributed by atoms with E-state index in [1.807, 2.05) is 0 Å². The summed E-state index contributed by atoms with van der Waals surface area (Å²) in [5, 5.41) is 3.65. The third kappa shape index (κ3) is 4.53. The number of benzene rings is 1. The maximum Gasteiger partial charge on any atom is 2.00 e. The summed E-state index contributed by atoms with van der Waals surface area (Å²) in [4.78, 5) is 14.7. The second kappa shape index (κ2) is 9.21. The Bertz CT molecular complexity index is 816. The van der Waals surface area contributed by atoms with Gasteiger partial charge >= 0.3 is 37.7 Å². The number of sulfonamides is 1. The molecule has 0 N–H and O–H groups in total. The Morgan fingerprint density at radius 2 is 1.64 bits per heavy atom. The molecule has 1 fully saturated rings. The van der Waals surface area contributed by atoms with Crippen LogP contribution in [-0.4, -0.2) is 82.0 Å². The molecule has 4 rings (SSSR count). The van der Waals surface area contributed by atoms with E-state index in [4.69, 9.17) is 0 Å². The van der Waals surface area contributed by atoms with Crippen molar-refractivity contribution in [2.24, 2.45) is 0 Å². The third-order valence-electron chi connectivity index (χ3n) is 6.26. The van der Waals surface area contributed by atoms with E-state index in [-0.39, 0.29) is 37.7 Å². The minimum absolute atomic E-state index is 0. The van der Waals surface area contributed by atoms with Gasteiger partial charge < -0.3 is 19.7 Å². The smallest absolute Gasteiger partial charge is 0.642 e. The van der Waals surface area contributed by atoms with Crippen molar-refractivity contribution >= 4 is 59.5 Å². The molecular formula is C20H27CaN3O3S. The van der Waals surface area contributed by atoms with E-state index < -0.39 is 21.3 Å². The molecule has 6 nitrogen and oxygen atoms in total. The van der Waals surface area contributed by atoms with Gasteiger partial charge in [0.25, 0.3) is 0 Å². The zero-order valence-corrected chi connectivity index (χ0v) is 19.6. The summed E-state index contributed by atoms with van der Waals surface area (Å²) in [7, 11) is -3.81. The first-order chi connectivity index (χ1) is 13.0. The van der Waals surface area contributed by atoms with Crippen molar-refractivity contribution in [1.82, 2.24) is 4.90 Å². The van der Waals surface area contributed by atoms with Gasteiger partial charge in [0.05, 0.1) is 10.0 Å². The Morgan fingerprint density at radius 3 is 2.18 bits per heavy atom. The number of fused-ring (bicyclic) bond motifs is 2. The minimum atomic E-state index is -3.81. The van der Waals surface area contributed by atoms with Crippen molar-refractivity contribution in [3.05, 3.63) is 38.4 Å². The molecule has 0 spiro atoms. The Balaban J connectivity index is 0.00000225. The van der Waals surface area contributed by atoms with Crippen LogP contribution in [0.1, 0.15) is 54.9 Å². The Kier molecular flexibility index (Phi) is 7.35. The standard InChI is InChI=1S/C20H28N3O3S.Ca/c1-2-23-11-9-16(10-12-23)27(25,26)22-20(24)21-19-17-7-3-5-14(17)13-15-6-4-8-18(15)19;/h13,16H,2-12H2,1H3,(H-,21,22,24);/q-1;+2/p-1. The van der Waals surface area contributed by atoms with Gasteiger partial charge in [-0.1, -0.05) is 24.1 Å². The molecule has 1 aromatic carbocycles. The number of carbonyl (C=O) groups excluding carboxylic acids is 1. The van der Waals surface area contributed by atoms with Gasteiger partial charge in [-0.15, -0.1) is 5.69 Å². The fraction of sp³-hybridized carbons (Fsp3) is 0.650. The number of hydrogen-bond donors (Lipinski definition) is 0. The van der Waals surface area contributed by atoms with Gasteiger partial charge in [-0.05, 0) is 88.2 Å². The average Bonchev–Trinajstić information content (AvgIpc) is 3.30. The molecule has 2 aliphatic carbocycles. The summed E-state index contributed by atoms with van der Waals surface area (Å²) < 4.78 is 28.7. The van der Waals surface area contributed by atoms with Crippen LogP contribution in [-0.2, 0) is 35.7 Å². The molecule has 148 valence electrons. The van der Waals surface area contributed by atoms with Gasteiger partial charge in [-0.2, -0.15) is 0 Å². The van der Waals surface area contributed by atoms with E-state index in [1.54, 1.807) is 0 Å². The van der Waals surface area contributed by atoms with Crippen LogP contribution in [0.4, 0.5) is 10.5 Å². The quantitative estimate of drug-likeness (QED) is 0.685. The van der Waals surface area contributed by atoms with Crippen LogP contribution in [0.15, 0.2) is 6.07 Å². The second-order valence-corrected chi connectivity index (χ2v) is 9.72. The molecule has 0 aromatic heterocycles. The molecule has 2 amide bonds. The fourth-order valence-corrected chi connectivity index (χ4v) is 5.96. The molecule has 3 aliphatic rings. The molecule has 28 heavy (non-hydrogen) atoms. The summed E-state index contributed by atoms with van der Waals surface area (Å²) in [6, 6.07) is 1.41. The third-order valence-corrected chi connectivity index (χ3v) is 7.98. The average molecular weight is 430 g/mol. The summed E-state index contributed by atoms with van der Waals surface area (Å²) in [6.07, 6.45) is 7.07. The van der Waals surface area contributed by atoms with Crippen LogP contribution in [0.2, 0.25) is 0 Å². The molecule has 8 heteroatoms. The van der Waals surface area contributed by atoms with Gasteiger partial charge in [0.2, 0.25) is 0 Å². The van der Waals surface area contributed by atoms with Gasteiger partial charge in [-0.3, -0.25) is 0 Å². The first-order valence-electron chi connectivity index (χ1n) is 10.1. The normalized spacial score (nSPS) is 19.6. The number of carbonyl (C=O) groups is 1. The molecule has 1 heterocycles. The molecule has 0 bridgehead atoms. The number of hydrogen-bond acceptors (Lipinski definition) is 4. The van der Waals surface area contributed by atoms with Crippen LogP contribution in [0.5, 0.6) is 0 Å². The largest absolute Gasteiger partial charge is 2.00 e. The molecule has 0 saturated carbocycles. The number of likely N-dealkylation sites (tertiary alicyclic amines) is 1. The van der Waals surface area contributed by atoms with Crippen LogP contribution in [0.25, 0.3) is 10.0 Å². The van der Waals surface area contributed by atoms with Crippen LogP contribution < -0.4 is 0 Å². The van der Waals surface area contributed by atoms with Gasteiger partial charge in [0.1, 0.15) is 0 Å². The van der Waals surface area contributed by atoms with Crippen LogP contribution >= 0.6 is 0 Å². The molecule has 1 saturated heterocycles. The topological polar surface area (TPSA) is 82.7 Å². The van der Waals surface area contributed by atoms with Crippen molar-refractivity contribution in [2.45, 2.75) is 63.5 Å². The molecule has 1 aromatic rings. The first kappa shape index (κ1) is 22.3. The van der Waals surface area contributed by atoms with Crippen molar-refractivity contribution < 1.29 is 13.2 Å². The van der Waals surface area contributed by atoms with Gasteiger partial charge in [0, 0.05) is 5.25 Å². The zero-order valence-electron chi connectivity index (χ0n) is 16.6. The Morgan fingerprint density at radius 1 is 1.07 bits per heavy atom. The van der Waals surface area contributed by atoms with Crippen molar-refractivity contribution in [3.8, 4) is 0 Å². The summed E-state index contributed by atoms with van der Waals surface area (Å²) in [5.74, 6) is 0. The predicted octanol–water partition coefficient (Wildman–Crippen LogP) is 3.60. The molecule has 1 aliphatic heterocycles. The summed E-state index contributed by atoms with van der Waals surface area (Å²) >= 11 is 0. The number of urea groups is 1. The van der Waals surface area contributed by atoms with Crippen LogP contribution in [0.3, 0.4) is 0 Å². The fourth-order valence-electron chi connectivity index (χ4n) is 4.74. The SMILES string of the molecule is CCN1CCC(S(=O)(=O)[N-]C(=O)[N-]c2c3c(cc4c2CCC4)CCC3)CC1.[Ca+2].